The van der Waals surface area contributed by atoms with E-state index in [1.54, 1.807) is 6.92 Å². The van der Waals surface area contributed by atoms with Gasteiger partial charge in [0, 0.05) is 25.7 Å². The molecule has 2 saturated heterocycles. The van der Waals surface area contributed by atoms with Crippen molar-refractivity contribution in [2.45, 2.75) is 51.2 Å². The van der Waals surface area contributed by atoms with E-state index in [2.05, 4.69) is 0 Å². The molecule has 1 amide bonds. The number of carboxylic acid groups (broad SMARTS) is 1. The van der Waals surface area contributed by atoms with Crippen LogP contribution in [0.2, 0.25) is 0 Å². The quantitative estimate of drug-likeness (QED) is 0.728. The fourth-order valence-corrected chi connectivity index (χ4v) is 4.40. The highest BCUT2D eigenvalue weighted by Gasteiger charge is 2.36. The Hall–Kier alpha value is -1.19. The van der Waals surface area contributed by atoms with Crippen LogP contribution in [0.4, 0.5) is 0 Å². The summed E-state index contributed by atoms with van der Waals surface area (Å²) >= 11 is 0. The number of carbonyl (C=O) groups excluding carboxylic acids is 1. The molecule has 0 radical (unpaired) electrons. The maximum Gasteiger partial charge on any atom is 0.323 e. The Bertz CT molecular complexity index is 550. The predicted octanol–water partition coefficient (Wildman–Crippen LogP) is 0.283. The minimum absolute atomic E-state index is 0.0470. The fourth-order valence-electron chi connectivity index (χ4n) is 3.27. The number of carboxylic acids is 1. The van der Waals surface area contributed by atoms with Crippen LogP contribution in [-0.2, 0) is 24.3 Å². The fraction of sp³-hybridized carbons (Fsp3) is 0.867. The molecule has 0 spiro atoms. The zero-order valence-electron chi connectivity index (χ0n) is 14.0. The largest absolute Gasteiger partial charge is 0.480 e. The third-order valence-corrected chi connectivity index (χ3v) is 6.55. The Morgan fingerprint density at radius 1 is 1.21 bits per heavy atom. The second-order valence-corrected chi connectivity index (χ2v) is 8.50. The topological polar surface area (TPSA) is 104 Å². The smallest absolute Gasteiger partial charge is 0.323 e. The van der Waals surface area contributed by atoms with Gasteiger partial charge >= 0.3 is 5.97 Å². The van der Waals surface area contributed by atoms with Gasteiger partial charge in [-0.3, -0.25) is 9.59 Å². The molecule has 9 heteroatoms. The number of piperidine rings is 1. The highest BCUT2D eigenvalue weighted by Crippen LogP contribution is 2.22. The number of ether oxygens (including phenoxy) is 1. The van der Waals surface area contributed by atoms with Crippen molar-refractivity contribution in [3.05, 3.63) is 0 Å². The highest BCUT2D eigenvalue weighted by atomic mass is 32.2. The van der Waals surface area contributed by atoms with Crippen LogP contribution in [0.1, 0.15) is 39.0 Å². The van der Waals surface area contributed by atoms with Crippen molar-refractivity contribution < 1.29 is 27.9 Å². The van der Waals surface area contributed by atoms with Crippen molar-refractivity contribution in [3.8, 4) is 0 Å². The predicted molar refractivity (Wildman–Crippen MR) is 87.0 cm³/mol. The third-order valence-electron chi connectivity index (χ3n) is 4.67. The second kappa shape index (κ2) is 8.26. The van der Waals surface area contributed by atoms with Gasteiger partial charge < -0.3 is 14.7 Å². The lowest BCUT2D eigenvalue weighted by atomic mass is 10.0. The number of sulfonamides is 1. The molecular formula is C15H26N2O6S. The Labute approximate surface area is 142 Å². The van der Waals surface area contributed by atoms with E-state index in [4.69, 9.17) is 9.84 Å². The summed E-state index contributed by atoms with van der Waals surface area (Å²) in [4.78, 5) is 25.2. The number of hydrogen-bond acceptors (Lipinski definition) is 5. The van der Waals surface area contributed by atoms with Crippen LogP contribution >= 0.6 is 0 Å². The van der Waals surface area contributed by atoms with Gasteiger partial charge in [0.1, 0.15) is 12.6 Å². The average Bonchev–Trinajstić information content (AvgIpc) is 2.60. The SMILES string of the molecule is CCS(=O)(=O)N1CCC(N(CC(=O)O)C(=O)C2CCCCO2)CC1. The lowest BCUT2D eigenvalue weighted by molar-refractivity contribution is -0.155. The molecule has 2 aliphatic heterocycles. The van der Waals surface area contributed by atoms with Gasteiger partial charge in [-0.15, -0.1) is 0 Å². The van der Waals surface area contributed by atoms with Crippen LogP contribution in [0.15, 0.2) is 0 Å². The molecule has 0 saturated carbocycles. The number of amides is 1. The number of rotatable bonds is 6. The molecule has 0 aromatic rings. The summed E-state index contributed by atoms with van der Waals surface area (Å²) in [5.41, 5.74) is 0. The molecule has 2 rings (SSSR count). The number of hydrogen-bond donors (Lipinski definition) is 1. The van der Waals surface area contributed by atoms with Crippen molar-refractivity contribution in [2.24, 2.45) is 0 Å². The zero-order chi connectivity index (χ0) is 17.7. The Morgan fingerprint density at radius 2 is 1.88 bits per heavy atom. The van der Waals surface area contributed by atoms with Gasteiger partial charge in [-0.05, 0) is 39.0 Å². The monoisotopic (exact) mass is 362 g/mol. The normalized spacial score (nSPS) is 23.8. The maximum absolute atomic E-state index is 12.7. The van der Waals surface area contributed by atoms with Gasteiger partial charge in [-0.2, -0.15) is 0 Å². The molecule has 0 bridgehead atoms. The van der Waals surface area contributed by atoms with E-state index in [1.807, 2.05) is 0 Å². The summed E-state index contributed by atoms with van der Waals surface area (Å²) in [7, 11) is -3.25. The van der Waals surface area contributed by atoms with E-state index in [0.29, 0.717) is 39.0 Å². The Morgan fingerprint density at radius 3 is 2.38 bits per heavy atom. The first-order valence-corrected chi connectivity index (χ1v) is 10.1. The van der Waals surface area contributed by atoms with Crippen molar-refractivity contribution >= 4 is 21.9 Å². The molecule has 24 heavy (non-hydrogen) atoms. The van der Waals surface area contributed by atoms with Crippen LogP contribution in [0.25, 0.3) is 0 Å². The van der Waals surface area contributed by atoms with Gasteiger partial charge in [-0.1, -0.05) is 0 Å². The first kappa shape index (κ1) is 19.1. The first-order chi connectivity index (χ1) is 11.3. The molecule has 1 atom stereocenters. The van der Waals surface area contributed by atoms with Crippen LogP contribution in [0.3, 0.4) is 0 Å². The molecule has 138 valence electrons. The van der Waals surface area contributed by atoms with E-state index >= 15 is 0 Å². The summed E-state index contributed by atoms with van der Waals surface area (Å²) in [5.74, 6) is -1.30. The maximum atomic E-state index is 12.7. The molecule has 2 heterocycles. The van der Waals surface area contributed by atoms with Crippen LogP contribution < -0.4 is 0 Å². The van der Waals surface area contributed by atoms with Crippen molar-refractivity contribution in [2.75, 3.05) is 32.0 Å². The summed E-state index contributed by atoms with van der Waals surface area (Å²) in [6.45, 7) is 2.38. The Balaban J connectivity index is 2.03. The number of nitrogens with zero attached hydrogens (tertiary/aromatic N) is 2. The van der Waals surface area contributed by atoms with Gasteiger partial charge in [0.25, 0.3) is 5.91 Å². The summed E-state index contributed by atoms with van der Waals surface area (Å²) < 4.78 is 30.8. The van der Waals surface area contributed by atoms with Crippen LogP contribution in [0, 0.1) is 0 Å². The van der Waals surface area contributed by atoms with E-state index in [0.717, 1.165) is 12.8 Å². The van der Waals surface area contributed by atoms with E-state index in [1.165, 1.54) is 9.21 Å². The van der Waals surface area contributed by atoms with E-state index in [-0.39, 0.29) is 24.2 Å². The molecule has 1 N–H and O–H groups in total. The lowest BCUT2D eigenvalue weighted by Crippen LogP contribution is -2.53. The Kier molecular flexibility index (Phi) is 6.59. The summed E-state index contributed by atoms with van der Waals surface area (Å²) in [6, 6.07) is -0.262. The highest BCUT2D eigenvalue weighted by molar-refractivity contribution is 7.89. The van der Waals surface area contributed by atoms with Gasteiger partial charge in [0.05, 0.1) is 5.75 Å². The summed E-state index contributed by atoms with van der Waals surface area (Å²) in [6.07, 6.45) is 2.74. The van der Waals surface area contributed by atoms with Crippen molar-refractivity contribution in [3.63, 3.8) is 0 Å². The van der Waals surface area contributed by atoms with Crippen LogP contribution in [0.5, 0.6) is 0 Å². The average molecular weight is 362 g/mol. The lowest BCUT2D eigenvalue weighted by Gasteiger charge is -2.39. The van der Waals surface area contributed by atoms with Gasteiger partial charge in [0.2, 0.25) is 10.0 Å². The molecule has 1 unspecified atom stereocenters. The number of aliphatic carboxylic acids is 1. The number of carbonyl (C=O) groups is 2. The first-order valence-electron chi connectivity index (χ1n) is 8.47. The standard InChI is InChI=1S/C15H26N2O6S/c1-2-24(21,22)16-8-6-12(7-9-16)17(11-14(18)19)15(20)13-5-3-4-10-23-13/h12-13H,2-11H2,1H3,(H,18,19). The minimum Gasteiger partial charge on any atom is -0.480 e. The second-order valence-electron chi connectivity index (χ2n) is 6.25. The van der Waals surface area contributed by atoms with Gasteiger partial charge in [0.15, 0.2) is 0 Å². The zero-order valence-corrected chi connectivity index (χ0v) is 14.8. The molecule has 0 aromatic heterocycles. The summed E-state index contributed by atoms with van der Waals surface area (Å²) in [5, 5.41) is 9.14. The molecular weight excluding hydrogens is 336 g/mol. The molecule has 8 nitrogen and oxygen atoms in total. The van der Waals surface area contributed by atoms with E-state index < -0.39 is 22.1 Å². The van der Waals surface area contributed by atoms with Crippen molar-refractivity contribution in [1.82, 2.24) is 9.21 Å². The minimum atomic E-state index is -3.25. The molecule has 2 fully saturated rings. The van der Waals surface area contributed by atoms with Crippen LogP contribution in [-0.4, -0.2) is 78.7 Å². The van der Waals surface area contributed by atoms with Crippen molar-refractivity contribution in [1.29, 1.82) is 0 Å². The van der Waals surface area contributed by atoms with Gasteiger partial charge in [-0.25, -0.2) is 12.7 Å². The molecule has 0 aromatic carbocycles. The molecule has 2 aliphatic rings. The van der Waals surface area contributed by atoms with E-state index in [9.17, 15) is 18.0 Å². The third kappa shape index (κ3) is 4.67. The molecule has 0 aliphatic carbocycles.